The molecular weight excluding hydrogens is 232 g/mol. The van der Waals surface area contributed by atoms with E-state index in [9.17, 15) is 14.7 Å². The van der Waals surface area contributed by atoms with Gasteiger partial charge in [-0.25, -0.2) is 0 Å². The van der Waals surface area contributed by atoms with Crippen LogP contribution in [0.3, 0.4) is 0 Å². The number of hydrogen-bond acceptors (Lipinski definition) is 3. The average molecular weight is 256 g/mol. The number of aliphatic carboxylic acids is 1. The fourth-order valence-electron chi connectivity index (χ4n) is 2.98. The lowest BCUT2D eigenvalue weighted by Crippen LogP contribution is -2.43. The minimum Gasteiger partial charge on any atom is -0.481 e. The predicted octanol–water partition coefficient (Wildman–Crippen LogP) is 2.71. The molecule has 0 spiro atoms. The van der Waals surface area contributed by atoms with Crippen LogP contribution in [-0.2, 0) is 14.3 Å². The molecule has 4 nitrogen and oxygen atoms in total. The molecule has 1 saturated carbocycles. The molecule has 0 aliphatic heterocycles. The van der Waals surface area contributed by atoms with Crippen LogP contribution in [0.1, 0.15) is 46.5 Å². The van der Waals surface area contributed by atoms with E-state index in [1.165, 1.54) is 0 Å². The molecule has 1 aliphatic carbocycles. The number of rotatable bonds is 5. The molecular formula is C14H24O4. The summed E-state index contributed by atoms with van der Waals surface area (Å²) >= 11 is 0. The molecule has 0 amide bonds. The Hall–Kier alpha value is -1.06. The van der Waals surface area contributed by atoms with E-state index < -0.39 is 17.8 Å². The molecule has 0 heterocycles. The van der Waals surface area contributed by atoms with Crippen molar-refractivity contribution in [2.75, 3.05) is 6.61 Å². The van der Waals surface area contributed by atoms with Gasteiger partial charge in [0.2, 0.25) is 0 Å². The van der Waals surface area contributed by atoms with Gasteiger partial charge in [0.1, 0.15) is 0 Å². The Bertz CT molecular complexity index is 300. The number of carbonyl (C=O) groups is 2. The molecule has 0 aromatic carbocycles. The molecule has 18 heavy (non-hydrogen) atoms. The summed E-state index contributed by atoms with van der Waals surface area (Å²) in [5.74, 6) is -2.05. The van der Waals surface area contributed by atoms with Crippen LogP contribution in [0.4, 0.5) is 0 Å². The molecule has 0 aromatic rings. The van der Waals surface area contributed by atoms with E-state index >= 15 is 0 Å². The largest absolute Gasteiger partial charge is 0.481 e. The van der Waals surface area contributed by atoms with Crippen LogP contribution in [-0.4, -0.2) is 23.7 Å². The summed E-state index contributed by atoms with van der Waals surface area (Å²) in [5, 5.41) is 9.36. The number of hydrogen-bond donors (Lipinski definition) is 1. The normalized spacial score (nSPS) is 31.9. The molecule has 4 atom stereocenters. The van der Waals surface area contributed by atoms with E-state index in [1.54, 1.807) is 0 Å². The molecule has 0 aromatic heterocycles. The van der Waals surface area contributed by atoms with E-state index in [0.717, 1.165) is 25.7 Å². The quantitative estimate of drug-likeness (QED) is 0.768. The van der Waals surface area contributed by atoms with Crippen LogP contribution < -0.4 is 0 Å². The molecule has 0 saturated heterocycles. The van der Waals surface area contributed by atoms with Crippen molar-refractivity contribution >= 4 is 11.9 Å². The van der Waals surface area contributed by atoms with Crippen molar-refractivity contribution < 1.29 is 19.4 Å². The Labute approximate surface area is 109 Å². The van der Waals surface area contributed by atoms with Gasteiger partial charge in [-0.1, -0.05) is 27.2 Å². The van der Waals surface area contributed by atoms with Crippen molar-refractivity contribution in [2.24, 2.45) is 23.7 Å². The van der Waals surface area contributed by atoms with E-state index in [-0.39, 0.29) is 17.8 Å². The number of ether oxygens (including phenoxy) is 1. The van der Waals surface area contributed by atoms with Gasteiger partial charge >= 0.3 is 11.9 Å². The maximum atomic E-state index is 12.1. The van der Waals surface area contributed by atoms with E-state index in [0.29, 0.717) is 6.61 Å². The maximum absolute atomic E-state index is 12.1. The van der Waals surface area contributed by atoms with Crippen molar-refractivity contribution in [3.05, 3.63) is 0 Å². The molecule has 1 fully saturated rings. The second-order valence-corrected chi connectivity index (χ2v) is 5.28. The third-order valence-corrected chi connectivity index (χ3v) is 4.03. The third kappa shape index (κ3) is 3.24. The summed E-state index contributed by atoms with van der Waals surface area (Å²) in [4.78, 5) is 23.5. The van der Waals surface area contributed by atoms with Crippen molar-refractivity contribution in [1.29, 1.82) is 0 Å². The summed E-state index contributed by atoms with van der Waals surface area (Å²) in [6, 6.07) is 0. The highest BCUT2D eigenvalue weighted by atomic mass is 16.5. The Morgan fingerprint density at radius 3 is 2.39 bits per heavy atom. The maximum Gasteiger partial charge on any atom is 0.310 e. The van der Waals surface area contributed by atoms with Gasteiger partial charge < -0.3 is 9.84 Å². The Morgan fingerprint density at radius 1 is 1.22 bits per heavy atom. The molecule has 1 aliphatic rings. The van der Waals surface area contributed by atoms with E-state index in [1.807, 2.05) is 20.8 Å². The van der Waals surface area contributed by atoms with Gasteiger partial charge in [0.15, 0.2) is 0 Å². The molecule has 1 rings (SSSR count). The zero-order valence-electron chi connectivity index (χ0n) is 11.5. The van der Waals surface area contributed by atoms with Gasteiger partial charge in [-0.15, -0.1) is 0 Å². The standard InChI is InChI=1S/C14H24O4/c1-4-8-18-14(17)12-10(5-2)7-6-9(3)11(12)13(15)16/h9-12H,4-8H2,1-3H3,(H,15,16). The van der Waals surface area contributed by atoms with Crippen LogP contribution in [0.25, 0.3) is 0 Å². The van der Waals surface area contributed by atoms with Crippen LogP contribution in [0.2, 0.25) is 0 Å². The Morgan fingerprint density at radius 2 is 1.89 bits per heavy atom. The zero-order valence-corrected chi connectivity index (χ0v) is 11.5. The summed E-state index contributed by atoms with van der Waals surface area (Å²) < 4.78 is 5.19. The highest BCUT2D eigenvalue weighted by molar-refractivity contribution is 5.81. The lowest BCUT2D eigenvalue weighted by molar-refractivity contribution is -0.165. The first kappa shape index (κ1) is 15.0. The van der Waals surface area contributed by atoms with Gasteiger partial charge in [0.25, 0.3) is 0 Å². The number of carboxylic acids is 1. The van der Waals surface area contributed by atoms with Crippen molar-refractivity contribution in [3.63, 3.8) is 0 Å². The lowest BCUT2D eigenvalue weighted by atomic mass is 9.66. The molecule has 104 valence electrons. The predicted molar refractivity (Wildman–Crippen MR) is 68.0 cm³/mol. The lowest BCUT2D eigenvalue weighted by Gasteiger charge is -2.37. The van der Waals surface area contributed by atoms with Gasteiger partial charge in [0.05, 0.1) is 18.4 Å². The van der Waals surface area contributed by atoms with E-state index in [4.69, 9.17) is 4.74 Å². The number of esters is 1. The minimum atomic E-state index is -0.862. The summed E-state index contributed by atoms with van der Waals surface area (Å²) in [5.41, 5.74) is 0. The first-order valence-corrected chi connectivity index (χ1v) is 6.92. The van der Waals surface area contributed by atoms with Gasteiger partial charge in [-0.3, -0.25) is 9.59 Å². The van der Waals surface area contributed by atoms with Crippen LogP contribution in [0, 0.1) is 23.7 Å². The van der Waals surface area contributed by atoms with Gasteiger partial charge in [0, 0.05) is 0 Å². The second-order valence-electron chi connectivity index (χ2n) is 5.28. The highest BCUT2D eigenvalue weighted by Gasteiger charge is 2.45. The fourth-order valence-corrected chi connectivity index (χ4v) is 2.98. The number of carboxylic acid groups (broad SMARTS) is 1. The first-order valence-electron chi connectivity index (χ1n) is 6.92. The van der Waals surface area contributed by atoms with Crippen molar-refractivity contribution in [3.8, 4) is 0 Å². The molecule has 4 unspecified atom stereocenters. The SMILES string of the molecule is CCCOC(=O)C1C(CC)CCC(C)C1C(=O)O. The average Bonchev–Trinajstić information content (AvgIpc) is 2.34. The molecule has 0 radical (unpaired) electrons. The van der Waals surface area contributed by atoms with Gasteiger partial charge in [-0.05, 0) is 31.1 Å². The molecule has 1 N–H and O–H groups in total. The van der Waals surface area contributed by atoms with Gasteiger partial charge in [-0.2, -0.15) is 0 Å². The molecule has 4 heteroatoms. The zero-order chi connectivity index (χ0) is 13.7. The monoisotopic (exact) mass is 256 g/mol. The summed E-state index contributed by atoms with van der Waals surface area (Å²) in [6.07, 6.45) is 3.41. The Balaban J connectivity index is 2.88. The molecule has 0 bridgehead atoms. The van der Waals surface area contributed by atoms with Crippen molar-refractivity contribution in [1.82, 2.24) is 0 Å². The number of carbonyl (C=O) groups excluding carboxylic acids is 1. The van der Waals surface area contributed by atoms with E-state index in [2.05, 4.69) is 0 Å². The summed E-state index contributed by atoms with van der Waals surface area (Å²) in [6.45, 7) is 6.25. The van der Waals surface area contributed by atoms with Crippen molar-refractivity contribution in [2.45, 2.75) is 46.5 Å². The van der Waals surface area contributed by atoms with Crippen LogP contribution in [0.15, 0.2) is 0 Å². The fraction of sp³-hybridized carbons (Fsp3) is 0.857. The Kier molecular flexibility index (Phi) is 5.63. The smallest absolute Gasteiger partial charge is 0.310 e. The third-order valence-electron chi connectivity index (χ3n) is 4.03. The summed E-state index contributed by atoms with van der Waals surface area (Å²) in [7, 11) is 0. The van der Waals surface area contributed by atoms with Crippen LogP contribution in [0.5, 0.6) is 0 Å². The minimum absolute atomic E-state index is 0.0458. The highest BCUT2D eigenvalue weighted by Crippen LogP contribution is 2.41. The topological polar surface area (TPSA) is 63.6 Å². The van der Waals surface area contributed by atoms with Crippen LogP contribution >= 0.6 is 0 Å². The first-order chi connectivity index (χ1) is 8.52. The second kappa shape index (κ2) is 6.76.